The summed E-state index contributed by atoms with van der Waals surface area (Å²) < 4.78 is 10.9. The first-order chi connectivity index (χ1) is 21.5. The monoisotopic (exact) mass is 627 g/mol. The summed E-state index contributed by atoms with van der Waals surface area (Å²) in [6.07, 6.45) is 6.26. The minimum absolute atomic E-state index is 0.116. The summed E-state index contributed by atoms with van der Waals surface area (Å²) >= 11 is 0. The van der Waals surface area contributed by atoms with E-state index in [0.29, 0.717) is 37.9 Å². The highest BCUT2D eigenvalue weighted by Crippen LogP contribution is 2.78. The van der Waals surface area contributed by atoms with Crippen LogP contribution in [0.15, 0.2) is 24.3 Å². The lowest BCUT2D eigenvalue weighted by Gasteiger charge is -2.27. The number of rotatable bonds is 18. The van der Waals surface area contributed by atoms with Crippen LogP contribution in [0.25, 0.3) is 0 Å². The van der Waals surface area contributed by atoms with Crippen molar-refractivity contribution in [3.63, 3.8) is 0 Å². The normalized spacial score (nSPS) is 23.8. The minimum Gasteiger partial charge on any atom is -0.457 e. The van der Waals surface area contributed by atoms with E-state index in [-0.39, 0.29) is 42.8 Å². The Morgan fingerprint density at radius 3 is 2.29 bits per heavy atom. The number of hydrogen-bond donors (Lipinski definition) is 5. The fourth-order valence-electron chi connectivity index (χ4n) is 6.08. The zero-order chi connectivity index (χ0) is 32.6. The predicted molar refractivity (Wildman–Crippen MR) is 167 cm³/mol. The third-order valence-corrected chi connectivity index (χ3v) is 9.62. The van der Waals surface area contributed by atoms with Crippen LogP contribution in [0.1, 0.15) is 84.1 Å². The number of ether oxygens (including phenoxy) is 2. The maximum Gasteiger partial charge on any atom is 0.311 e. The van der Waals surface area contributed by atoms with Crippen LogP contribution in [0.4, 0.5) is 0 Å². The van der Waals surface area contributed by atoms with Gasteiger partial charge in [-0.3, -0.25) is 24.0 Å². The lowest BCUT2D eigenvalue weighted by atomic mass is 9.97. The summed E-state index contributed by atoms with van der Waals surface area (Å²) in [5.41, 5.74) is 5.06. The van der Waals surface area contributed by atoms with E-state index >= 15 is 0 Å². The predicted octanol–water partition coefficient (Wildman–Crippen LogP) is 1.84. The number of primary amides is 1. The number of piperidine rings is 1. The topological polar surface area (TPSA) is 178 Å². The van der Waals surface area contributed by atoms with Gasteiger partial charge in [0.1, 0.15) is 17.8 Å². The summed E-state index contributed by atoms with van der Waals surface area (Å²) in [4.78, 5) is 63.8. The number of carbonyl (C=O) groups is 5. The average molecular weight is 628 g/mol. The molecule has 45 heavy (non-hydrogen) atoms. The Balaban J connectivity index is 1.36. The van der Waals surface area contributed by atoms with Crippen molar-refractivity contribution in [2.24, 2.45) is 23.0 Å². The molecule has 0 spiro atoms. The zero-order valence-corrected chi connectivity index (χ0v) is 26.7. The first-order valence-corrected chi connectivity index (χ1v) is 16.3. The highest BCUT2D eigenvalue weighted by Gasteiger charge is 2.87. The van der Waals surface area contributed by atoms with Crippen molar-refractivity contribution in [3.05, 3.63) is 29.8 Å². The first-order valence-electron chi connectivity index (χ1n) is 16.3. The molecule has 1 aromatic carbocycles. The molecule has 2 saturated carbocycles. The smallest absolute Gasteiger partial charge is 0.311 e. The minimum atomic E-state index is -0.916. The molecule has 0 radical (unpaired) electrons. The number of hydrogen-bond acceptors (Lipinski definition) is 8. The van der Waals surface area contributed by atoms with Crippen molar-refractivity contribution in [2.75, 3.05) is 19.9 Å². The molecule has 12 heteroatoms. The van der Waals surface area contributed by atoms with Gasteiger partial charge in [0, 0.05) is 12.8 Å². The largest absolute Gasteiger partial charge is 0.457 e. The zero-order valence-electron chi connectivity index (χ0n) is 26.7. The molecule has 1 aliphatic heterocycles. The van der Waals surface area contributed by atoms with Crippen LogP contribution in [-0.2, 0) is 35.1 Å². The van der Waals surface area contributed by atoms with Gasteiger partial charge in [-0.1, -0.05) is 52.2 Å². The van der Waals surface area contributed by atoms with Crippen LogP contribution in [0, 0.1) is 17.3 Å². The number of fused-ring (bicyclic) bond motifs is 1. The molecule has 2 aliphatic carbocycles. The van der Waals surface area contributed by atoms with Gasteiger partial charge in [-0.2, -0.15) is 0 Å². The highest BCUT2D eigenvalue weighted by atomic mass is 16.7. The molecule has 4 rings (SSSR count). The molecule has 3 fully saturated rings. The van der Waals surface area contributed by atoms with E-state index in [0.717, 1.165) is 44.3 Å². The van der Waals surface area contributed by atoms with Gasteiger partial charge < -0.3 is 36.5 Å². The Labute approximate surface area is 265 Å². The van der Waals surface area contributed by atoms with Crippen molar-refractivity contribution in [1.29, 1.82) is 0 Å². The Kier molecular flexibility index (Phi) is 11.5. The lowest BCUT2D eigenvalue weighted by molar-refractivity contribution is -0.156. The van der Waals surface area contributed by atoms with E-state index in [1.54, 1.807) is 24.3 Å². The Bertz CT molecular complexity index is 1220. The van der Waals surface area contributed by atoms with Gasteiger partial charge >= 0.3 is 5.97 Å². The average Bonchev–Trinajstić information content (AvgIpc) is 3.87. The summed E-state index contributed by atoms with van der Waals surface area (Å²) in [5, 5.41) is 11.9. The van der Waals surface area contributed by atoms with Crippen molar-refractivity contribution in [2.45, 2.75) is 103 Å². The fraction of sp³-hybridized carbons (Fsp3) is 0.667. The molecular weight excluding hydrogens is 578 g/mol. The molecule has 1 aromatic rings. The quantitative estimate of drug-likeness (QED) is 0.0930. The van der Waals surface area contributed by atoms with Gasteiger partial charge in [0.2, 0.25) is 30.4 Å². The highest BCUT2D eigenvalue weighted by molar-refractivity contribution is 5.97. The van der Waals surface area contributed by atoms with Gasteiger partial charge in [-0.25, -0.2) is 0 Å². The second kappa shape index (κ2) is 15.1. The van der Waals surface area contributed by atoms with Crippen LogP contribution < -0.4 is 31.7 Å². The van der Waals surface area contributed by atoms with Crippen LogP contribution in [0.5, 0.6) is 5.75 Å². The van der Waals surface area contributed by atoms with Crippen LogP contribution in [0.2, 0.25) is 0 Å². The van der Waals surface area contributed by atoms with E-state index in [1.807, 2.05) is 13.8 Å². The molecule has 0 aromatic heterocycles. The third-order valence-electron chi connectivity index (χ3n) is 9.62. The number of esters is 1. The molecule has 12 nitrogen and oxygen atoms in total. The number of nitrogens with one attached hydrogen (secondary N) is 4. The number of carbonyl (C=O) groups excluding carboxylic acids is 5. The molecule has 248 valence electrons. The standard InChI is InChI=1S/C33H49N5O7/c1-4-6-7-8-26(39)36-25(17-22-9-11-24(12-10-22)44-20-45-30(42)23-13-15-35-16-14-23)28(40)37-27(21(3)5-2)29(41)38-33-18-32(33,19-33)31(34)43/h9-12,21,23,25,27,35H,4-8,13-20H2,1-3H3,(H2,34,43)(H,36,39)(H,37,40)(H,38,41). The Hall–Kier alpha value is -3.67. The van der Waals surface area contributed by atoms with E-state index in [9.17, 15) is 24.0 Å². The molecule has 1 heterocycles. The fourth-order valence-corrected chi connectivity index (χ4v) is 6.08. The van der Waals surface area contributed by atoms with Crippen LogP contribution in [0.3, 0.4) is 0 Å². The molecule has 4 amide bonds. The van der Waals surface area contributed by atoms with Gasteiger partial charge in [-0.05, 0) is 68.8 Å². The van der Waals surface area contributed by atoms with Crippen molar-refractivity contribution >= 4 is 29.6 Å². The number of nitrogens with two attached hydrogens (primary N) is 1. The summed E-state index contributed by atoms with van der Waals surface area (Å²) in [6.45, 7) is 7.26. The van der Waals surface area contributed by atoms with E-state index in [4.69, 9.17) is 15.2 Å². The number of benzene rings is 1. The van der Waals surface area contributed by atoms with Crippen molar-refractivity contribution < 1.29 is 33.4 Å². The molecule has 3 unspecified atom stereocenters. The number of amides is 4. The molecule has 0 bridgehead atoms. The SMILES string of the molecule is CCCCCC(=O)NC(Cc1ccc(OCOC(=O)C2CCNCC2)cc1)C(=O)NC(C(=O)NC12CC1(C(N)=O)C2)C(C)CC. The lowest BCUT2D eigenvalue weighted by Crippen LogP contribution is -2.57. The van der Waals surface area contributed by atoms with Crippen molar-refractivity contribution in [1.82, 2.24) is 21.3 Å². The molecule has 3 atom stereocenters. The Morgan fingerprint density at radius 2 is 1.69 bits per heavy atom. The van der Waals surface area contributed by atoms with Gasteiger partial charge in [-0.15, -0.1) is 0 Å². The number of unbranched alkanes of at least 4 members (excludes halogenated alkanes) is 2. The van der Waals surface area contributed by atoms with Crippen LogP contribution in [-0.4, -0.2) is 67.1 Å². The second-order valence-electron chi connectivity index (χ2n) is 12.9. The Morgan fingerprint density at radius 1 is 1.00 bits per heavy atom. The maximum atomic E-state index is 13.7. The molecule has 6 N–H and O–H groups in total. The maximum absolute atomic E-state index is 13.7. The molecule has 3 aliphatic rings. The van der Waals surface area contributed by atoms with Gasteiger partial charge in [0.15, 0.2) is 0 Å². The van der Waals surface area contributed by atoms with E-state index in [2.05, 4.69) is 28.2 Å². The molecule has 1 saturated heterocycles. The first kappa shape index (κ1) is 34.2. The summed E-state index contributed by atoms with van der Waals surface area (Å²) in [5.74, 6) is -1.52. The third kappa shape index (κ3) is 8.53. The van der Waals surface area contributed by atoms with Gasteiger partial charge in [0.05, 0.1) is 16.9 Å². The van der Waals surface area contributed by atoms with Crippen molar-refractivity contribution in [3.8, 4) is 5.75 Å². The second-order valence-corrected chi connectivity index (χ2v) is 12.9. The van der Waals surface area contributed by atoms with Crippen LogP contribution >= 0.6 is 0 Å². The van der Waals surface area contributed by atoms with Gasteiger partial charge in [0.25, 0.3) is 0 Å². The summed E-state index contributed by atoms with van der Waals surface area (Å²) in [7, 11) is 0. The van der Waals surface area contributed by atoms with E-state index in [1.165, 1.54) is 0 Å². The summed E-state index contributed by atoms with van der Waals surface area (Å²) in [6, 6.07) is 5.25. The van der Waals surface area contributed by atoms with E-state index < -0.39 is 34.9 Å². The molecular formula is C33H49N5O7.